The van der Waals surface area contributed by atoms with Crippen LogP contribution in [0.2, 0.25) is 0 Å². The van der Waals surface area contributed by atoms with Gasteiger partial charge in [-0.2, -0.15) is 0 Å². The average molecular weight is 358 g/mol. The lowest BCUT2D eigenvalue weighted by Crippen LogP contribution is -2.16. The predicted molar refractivity (Wildman–Crippen MR) is 100 cm³/mol. The maximum Gasteiger partial charge on any atom is 0.169 e. The van der Waals surface area contributed by atoms with Crippen LogP contribution in [0.5, 0.6) is 5.75 Å². The van der Waals surface area contributed by atoms with Crippen LogP contribution in [0.25, 0.3) is 11.0 Å². The summed E-state index contributed by atoms with van der Waals surface area (Å²) in [5.41, 5.74) is 3.16. The van der Waals surface area contributed by atoms with Gasteiger partial charge in [-0.1, -0.05) is 41.6 Å². The molecule has 1 atom stereocenters. The van der Waals surface area contributed by atoms with E-state index < -0.39 is 6.10 Å². The number of hydrogen-bond donors (Lipinski definition) is 2. The Bertz CT molecular complexity index is 817. The molecule has 1 heterocycles. The summed E-state index contributed by atoms with van der Waals surface area (Å²) in [5, 5.41) is 19.4. The molecule has 0 radical (unpaired) electrons. The first-order valence-corrected chi connectivity index (χ1v) is 9.22. The Hall–Kier alpha value is -2.02. The van der Waals surface area contributed by atoms with Crippen molar-refractivity contribution in [2.75, 3.05) is 19.0 Å². The second kappa shape index (κ2) is 8.38. The Balaban J connectivity index is 1.72. The van der Waals surface area contributed by atoms with Crippen molar-refractivity contribution >= 4 is 22.8 Å². The first-order valence-electron chi connectivity index (χ1n) is 8.24. The minimum atomic E-state index is -0.748. The van der Waals surface area contributed by atoms with Gasteiger partial charge in [-0.15, -0.1) is 0 Å². The van der Waals surface area contributed by atoms with Crippen molar-refractivity contribution in [3.8, 4) is 5.75 Å². The number of ether oxygens (including phenoxy) is 1. The molecule has 2 N–H and O–H groups in total. The number of aromatic nitrogens is 2. The molecule has 0 fully saturated rings. The summed E-state index contributed by atoms with van der Waals surface area (Å²) in [4.78, 5) is 4.63. The molecule has 0 aliphatic heterocycles. The van der Waals surface area contributed by atoms with Gasteiger partial charge < -0.3 is 19.5 Å². The molecule has 0 amide bonds. The number of benzene rings is 2. The number of nitrogens with zero attached hydrogens (tertiary/aromatic N) is 2. The van der Waals surface area contributed by atoms with Crippen LogP contribution in [0.1, 0.15) is 5.56 Å². The van der Waals surface area contributed by atoms with Crippen molar-refractivity contribution in [2.45, 2.75) is 24.7 Å². The molecule has 0 aliphatic carbocycles. The van der Waals surface area contributed by atoms with Gasteiger partial charge in [0.1, 0.15) is 12.4 Å². The van der Waals surface area contributed by atoms with Crippen molar-refractivity contribution in [3.05, 3.63) is 54.1 Å². The number of aryl methyl sites for hydroxylation is 1. The molecule has 5 nitrogen and oxygen atoms in total. The van der Waals surface area contributed by atoms with Gasteiger partial charge in [0.25, 0.3) is 0 Å². The van der Waals surface area contributed by atoms with Crippen LogP contribution < -0.4 is 4.74 Å². The summed E-state index contributed by atoms with van der Waals surface area (Å²) in [6, 6.07) is 15.9. The topological polar surface area (TPSA) is 67.5 Å². The molecule has 0 saturated carbocycles. The fourth-order valence-electron chi connectivity index (χ4n) is 2.49. The number of aliphatic hydroxyl groups is 2. The quantitative estimate of drug-likeness (QED) is 0.606. The van der Waals surface area contributed by atoms with Gasteiger partial charge in [0.05, 0.1) is 30.3 Å². The molecule has 3 rings (SSSR count). The predicted octanol–water partition coefficient (Wildman–Crippen LogP) is 2.87. The van der Waals surface area contributed by atoms with Crippen LogP contribution in [0.3, 0.4) is 0 Å². The third-order valence-corrected chi connectivity index (χ3v) is 4.96. The molecular weight excluding hydrogens is 336 g/mol. The van der Waals surface area contributed by atoms with E-state index in [1.54, 1.807) is 0 Å². The van der Waals surface area contributed by atoms with E-state index in [9.17, 15) is 5.11 Å². The van der Waals surface area contributed by atoms with Crippen LogP contribution in [0.15, 0.2) is 53.7 Å². The van der Waals surface area contributed by atoms with Crippen molar-refractivity contribution in [3.63, 3.8) is 0 Å². The zero-order chi connectivity index (χ0) is 17.6. The molecule has 0 aliphatic rings. The van der Waals surface area contributed by atoms with Gasteiger partial charge in [-0.25, -0.2) is 4.98 Å². The molecule has 0 bridgehead atoms. The Morgan fingerprint density at radius 1 is 1.16 bits per heavy atom. The SMILES string of the molecule is Cc1ccc(OCCn2c(SCC(O)CO)nc3ccccc32)cc1. The monoisotopic (exact) mass is 358 g/mol. The van der Waals surface area contributed by atoms with Gasteiger partial charge >= 0.3 is 0 Å². The van der Waals surface area contributed by atoms with Gasteiger partial charge in [0.2, 0.25) is 0 Å². The maximum absolute atomic E-state index is 9.60. The highest BCUT2D eigenvalue weighted by molar-refractivity contribution is 7.99. The molecule has 6 heteroatoms. The largest absolute Gasteiger partial charge is 0.492 e. The van der Waals surface area contributed by atoms with E-state index in [1.807, 2.05) is 55.5 Å². The summed E-state index contributed by atoms with van der Waals surface area (Å²) in [6.45, 7) is 2.99. The molecule has 0 spiro atoms. The van der Waals surface area contributed by atoms with Crippen LogP contribution in [0, 0.1) is 6.92 Å². The van der Waals surface area contributed by atoms with Crippen molar-refractivity contribution in [1.29, 1.82) is 0 Å². The number of imidazole rings is 1. The molecule has 25 heavy (non-hydrogen) atoms. The van der Waals surface area contributed by atoms with Gasteiger partial charge in [-0.3, -0.25) is 0 Å². The first kappa shape index (κ1) is 17.8. The van der Waals surface area contributed by atoms with Crippen molar-refractivity contribution < 1.29 is 14.9 Å². The van der Waals surface area contributed by atoms with E-state index in [0.717, 1.165) is 21.9 Å². The zero-order valence-electron chi connectivity index (χ0n) is 14.1. The van der Waals surface area contributed by atoms with E-state index in [0.29, 0.717) is 18.9 Å². The van der Waals surface area contributed by atoms with Crippen LogP contribution in [0.4, 0.5) is 0 Å². The number of rotatable bonds is 8. The Labute approximate surface area is 151 Å². The van der Waals surface area contributed by atoms with Crippen LogP contribution >= 0.6 is 11.8 Å². The lowest BCUT2D eigenvalue weighted by atomic mass is 10.2. The number of thioether (sulfide) groups is 1. The standard InChI is InChI=1S/C19H22N2O3S/c1-14-6-8-16(9-7-14)24-11-10-21-18-5-3-2-4-17(18)20-19(21)25-13-15(23)12-22/h2-9,15,22-23H,10-13H2,1H3. The minimum Gasteiger partial charge on any atom is -0.492 e. The van der Waals surface area contributed by atoms with Crippen molar-refractivity contribution in [2.24, 2.45) is 0 Å². The first-order chi connectivity index (χ1) is 12.2. The minimum absolute atomic E-state index is 0.246. The lowest BCUT2D eigenvalue weighted by Gasteiger charge is -2.11. The number of para-hydroxylation sites is 2. The number of aliphatic hydroxyl groups excluding tert-OH is 2. The molecule has 1 unspecified atom stereocenters. The highest BCUT2D eigenvalue weighted by Gasteiger charge is 2.13. The zero-order valence-corrected chi connectivity index (χ0v) is 14.9. The average Bonchev–Trinajstić information content (AvgIpc) is 2.99. The Kier molecular flexibility index (Phi) is 5.96. The molecule has 0 saturated heterocycles. The summed E-state index contributed by atoms with van der Waals surface area (Å²) in [7, 11) is 0. The third kappa shape index (κ3) is 4.54. The van der Waals surface area contributed by atoms with Gasteiger partial charge in [-0.05, 0) is 31.2 Å². The normalized spacial score (nSPS) is 12.4. The fraction of sp³-hybridized carbons (Fsp3) is 0.316. The second-order valence-corrected chi connectivity index (χ2v) is 6.83. The highest BCUT2D eigenvalue weighted by atomic mass is 32.2. The molecular formula is C19H22N2O3S. The molecule has 132 valence electrons. The molecule has 2 aromatic carbocycles. The molecule has 1 aromatic heterocycles. The summed E-state index contributed by atoms with van der Waals surface area (Å²) in [5.74, 6) is 1.25. The van der Waals surface area contributed by atoms with Crippen molar-refractivity contribution in [1.82, 2.24) is 9.55 Å². The van der Waals surface area contributed by atoms with E-state index >= 15 is 0 Å². The van der Waals surface area contributed by atoms with Gasteiger partial charge in [0, 0.05) is 5.75 Å². The summed E-state index contributed by atoms with van der Waals surface area (Å²) < 4.78 is 7.93. The van der Waals surface area contributed by atoms with E-state index in [-0.39, 0.29) is 6.61 Å². The van der Waals surface area contributed by atoms with E-state index in [1.165, 1.54) is 17.3 Å². The Morgan fingerprint density at radius 3 is 2.68 bits per heavy atom. The van der Waals surface area contributed by atoms with E-state index in [2.05, 4.69) is 9.55 Å². The van der Waals surface area contributed by atoms with E-state index in [4.69, 9.17) is 9.84 Å². The smallest absolute Gasteiger partial charge is 0.169 e. The molecule has 3 aromatic rings. The van der Waals surface area contributed by atoms with Crippen LogP contribution in [-0.2, 0) is 6.54 Å². The van der Waals surface area contributed by atoms with Gasteiger partial charge in [0.15, 0.2) is 5.16 Å². The maximum atomic E-state index is 9.60. The lowest BCUT2D eigenvalue weighted by molar-refractivity contribution is 0.113. The third-order valence-electron chi connectivity index (χ3n) is 3.84. The number of hydrogen-bond acceptors (Lipinski definition) is 5. The fourth-order valence-corrected chi connectivity index (χ4v) is 3.45. The Morgan fingerprint density at radius 2 is 1.92 bits per heavy atom. The van der Waals surface area contributed by atoms with Crippen LogP contribution in [-0.4, -0.2) is 44.8 Å². The summed E-state index contributed by atoms with van der Waals surface area (Å²) >= 11 is 1.44. The summed E-state index contributed by atoms with van der Waals surface area (Å²) in [6.07, 6.45) is -0.748. The number of fused-ring (bicyclic) bond motifs is 1. The highest BCUT2D eigenvalue weighted by Crippen LogP contribution is 2.24. The second-order valence-electron chi connectivity index (χ2n) is 5.84.